The Bertz CT molecular complexity index is 563. The number of amides is 1. The number of carbonyl (C=O) groups is 1. The average Bonchev–Trinajstić information content (AvgIpc) is 2.37. The lowest BCUT2D eigenvalue weighted by atomic mass is 10.2. The molecule has 7 heteroatoms. The van der Waals surface area contributed by atoms with Crippen molar-refractivity contribution in [1.82, 2.24) is 5.32 Å². The molecule has 0 bridgehead atoms. The van der Waals surface area contributed by atoms with Gasteiger partial charge in [-0.25, -0.2) is 8.42 Å². The smallest absolute Gasteiger partial charge is 0.243 e. The molecule has 0 fully saturated rings. The summed E-state index contributed by atoms with van der Waals surface area (Å²) in [6, 6.07) is 8.37. The highest BCUT2D eigenvalue weighted by Gasteiger charge is 2.05. The van der Waals surface area contributed by atoms with Gasteiger partial charge in [0, 0.05) is 0 Å². The molecule has 1 aromatic carbocycles. The minimum atomic E-state index is -4.13. The summed E-state index contributed by atoms with van der Waals surface area (Å²) in [6.07, 6.45) is 1.29. The molecule has 6 nitrogen and oxygen atoms in total. The van der Waals surface area contributed by atoms with Gasteiger partial charge in [0.25, 0.3) is 0 Å². The van der Waals surface area contributed by atoms with Crippen molar-refractivity contribution in [2.75, 3.05) is 34.2 Å². The minimum absolute atomic E-state index is 0.0987. The van der Waals surface area contributed by atoms with Crippen LogP contribution in [0.2, 0.25) is 0 Å². The van der Waals surface area contributed by atoms with E-state index in [4.69, 9.17) is 0 Å². The maximum atomic E-state index is 10.7. The van der Waals surface area contributed by atoms with E-state index in [1.54, 1.807) is 30.3 Å². The summed E-state index contributed by atoms with van der Waals surface area (Å²) in [5, 5.41) is 2.72. The third-order valence-corrected chi connectivity index (χ3v) is 3.14. The fraction of sp³-hybridized carbons (Fsp3) is 0.400. The predicted octanol–water partition coefficient (Wildman–Crippen LogP) is 0.727. The number of rotatable bonds is 6. The number of benzene rings is 1. The van der Waals surface area contributed by atoms with Crippen molar-refractivity contribution in [3.63, 3.8) is 0 Å². The maximum Gasteiger partial charge on any atom is 0.243 e. The first-order valence-electron chi connectivity index (χ1n) is 6.72. The van der Waals surface area contributed by atoms with Gasteiger partial charge >= 0.3 is 0 Å². The van der Waals surface area contributed by atoms with Crippen LogP contribution in [0, 0.1) is 0 Å². The highest BCUT2D eigenvalue weighted by molar-refractivity contribution is 7.84. The number of nitrogens with zero attached hydrogens (tertiary/aromatic N) is 1. The van der Waals surface area contributed by atoms with E-state index in [0.29, 0.717) is 12.1 Å². The average molecular weight is 328 g/mol. The monoisotopic (exact) mass is 328 g/mol. The summed E-state index contributed by atoms with van der Waals surface area (Å²) in [4.78, 5) is 10.7. The molecule has 0 aliphatic carbocycles. The molecule has 22 heavy (non-hydrogen) atoms. The maximum absolute atomic E-state index is 10.7. The molecule has 0 aliphatic heterocycles. The van der Waals surface area contributed by atoms with Gasteiger partial charge in [-0.05, 0) is 11.6 Å². The Kier molecular flexibility index (Phi) is 8.62. The lowest BCUT2D eigenvalue weighted by molar-refractivity contribution is -0.869. The second-order valence-corrected chi connectivity index (χ2v) is 7.10. The molecule has 124 valence electrons. The fourth-order valence-electron chi connectivity index (χ4n) is 1.37. The van der Waals surface area contributed by atoms with E-state index in [2.05, 4.69) is 33.0 Å². The van der Waals surface area contributed by atoms with E-state index in [1.165, 1.54) is 6.08 Å². The molecule has 0 radical (unpaired) electrons. The molecule has 0 atom stereocenters. The Balaban J connectivity index is 0.000000401. The standard InChI is InChI=1S/C8H16N2O.C7H8O3S/c1-5-8(11)9-6-7-10(2,3)4;8-11(9,10)6-7-4-2-1-3-5-7/h5H,1,6-7H2,2-4H3;1-5H,6H2,(H,8,9,10). The van der Waals surface area contributed by atoms with E-state index >= 15 is 0 Å². The third-order valence-electron chi connectivity index (χ3n) is 2.45. The Morgan fingerprint density at radius 3 is 2.23 bits per heavy atom. The van der Waals surface area contributed by atoms with Crippen LogP contribution in [0.5, 0.6) is 0 Å². The van der Waals surface area contributed by atoms with Crippen LogP contribution in [-0.2, 0) is 20.7 Å². The van der Waals surface area contributed by atoms with Gasteiger partial charge in [-0.15, -0.1) is 0 Å². The molecule has 1 aromatic rings. The molecule has 1 amide bonds. The van der Waals surface area contributed by atoms with Crippen LogP contribution in [0.25, 0.3) is 0 Å². The lowest BCUT2D eigenvalue weighted by Crippen LogP contribution is -2.41. The lowest BCUT2D eigenvalue weighted by Gasteiger charge is -2.23. The zero-order valence-electron chi connectivity index (χ0n) is 13.3. The molecule has 0 aliphatic rings. The van der Waals surface area contributed by atoms with Crippen LogP contribution in [-0.4, -0.2) is 57.6 Å². The normalized spacial score (nSPS) is 11.1. The summed E-state index contributed by atoms with van der Waals surface area (Å²) in [7, 11) is 2.12. The van der Waals surface area contributed by atoms with Gasteiger partial charge in [0.1, 0.15) is 0 Å². The number of nitrogens with one attached hydrogen (secondary N) is 1. The number of quaternary nitrogens is 1. The molecule has 0 unspecified atom stereocenters. The Morgan fingerprint density at radius 1 is 1.27 bits per heavy atom. The largest absolute Gasteiger partial charge is 0.748 e. The number of hydrogen-bond acceptors (Lipinski definition) is 4. The molecule has 0 aromatic heterocycles. The highest BCUT2D eigenvalue weighted by Crippen LogP contribution is 2.02. The molecule has 0 spiro atoms. The topological polar surface area (TPSA) is 86.3 Å². The van der Waals surface area contributed by atoms with Gasteiger partial charge in [0.2, 0.25) is 5.91 Å². The van der Waals surface area contributed by atoms with Gasteiger partial charge in [0.15, 0.2) is 0 Å². The van der Waals surface area contributed by atoms with Crippen molar-refractivity contribution in [1.29, 1.82) is 0 Å². The van der Waals surface area contributed by atoms with Crippen molar-refractivity contribution in [2.45, 2.75) is 5.75 Å². The van der Waals surface area contributed by atoms with Gasteiger partial charge in [0.05, 0.1) is 50.1 Å². The second kappa shape index (κ2) is 9.34. The van der Waals surface area contributed by atoms with E-state index in [-0.39, 0.29) is 5.91 Å². The van der Waals surface area contributed by atoms with Crippen molar-refractivity contribution in [2.24, 2.45) is 0 Å². The van der Waals surface area contributed by atoms with E-state index in [9.17, 15) is 17.8 Å². The first kappa shape index (κ1) is 20.3. The molecule has 0 heterocycles. The molecule has 1 N–H and O–H groups in total. The van der Waals surface area contributed by atoms with Crippen molar-refractivity contribution in [3.8, 4) is 0 Å². The van der Waals surface area contributed by atoms with E-state index in [0.717, 1.165) is 11.0 Å². The summed E-state index contributed by atoms with van der Waals surface area (Å²) in [5.41, 5.74) is 0.530. The molecular weight excluding hydrogens is 304 g/mol. The van der Waals surface area contributed by atoms with Crippen molar-refractivity contribution >= 4 is 16.0 Å². The zero-order valence-corrected chi connectivity index (χ0v) is 14.1. The van der Waals surface area contributed by atoms with Crippen molar-refractivity contribution < 1.29 is 22.2 Å². The summed E-state index contributed by atoms with van der Waals surface area (Å²) in [6.45, 7) is 4.99. The summed E-state index contributed by atoms with van der Waals surface area (Å²) in [5.74, 6) is -0.521. The zero-order chi connectivity index (χ0) is 17.2. The van der Waals surface area contributed by atoms with Gasteiger partial charge < -0.3 is 14.4 Å². The Hall–Kier alpha value is -1.70. The van der Waals surface area contributed by atoms with Crippen LogP contribution >= 0.6 is 0 Å². The van der Waals surface area contributed by atoms with Crippen LogP contribution < -0.4 is 5.32 Å². The SMILES string of the molecule is C=CC(=O)NCC[N+](C)(C)C.O=S(=O)([O-])Cc1ccccc1. The second-order valence-electron chi connectivity index (χ2n) is 5.70. The summed E-state index contributed by atoms with van der Waals surface area (Å²) < 4.78 is 31.6. The van der Waals surface area contributed by atoms with Crippen LogP contribution in [0.3, 0.4) is 0 Å². The first-order valence-corrected chi connectivity index (χ1v) is 8.29. The molecule has 1 rings (SSSR count). The first-order chi connectivity index (χ1) is 10.0. The van der Waals surface area contributed by atoms with Crippen LogP contribution in [0.1, 0.15) is 5.56 Å². The Morgan fingerprint density at radius 2 is 1.82 bits per heavy atom. The molecule has 0 saturated carbocycles. The van der Waals surface area contributed by atoms with E-state index in [1.807, 2.05) is 0 Å². The van der Waals surface area contributed by atoms with Crippen LogP contribution in [0.15, 0.2) is 43.0 Å². The minimum Gasteiger partial charge on any atom is -0.748 e. The van der Waals surface area contributed by atoms with Crippen molar-refractivity contribution in [3.05, 3.63) is 48.6 Å². The number of hydrogen-bond donors (Lipinski definition) is 1. The Labute approximate surface area is 132 Å². The fourth-order valence-corrected chi connectivity index (χ4v) is 1.97. The predicted molar refractivity (Wildman–Crippen MR) is 85.9 cm³/mol. The quantitative estimate of drug-likeness (QED) is 0.474. The van der Waals surface area contributed by atoms with Gasteiger partial charge in [-0.2, -0.15) is 0 Å². The van der Waals surface area contributed by atoms with Gasteiger partial charge in [-0.1, -0.05) is 36.9 Å². The molecular formula is C15H24N2O4S. The molecule has 0 saturated heterocycles. The van der Waals surface area contributed by atoms with Crippen LogP contribution in [0.4, 0.5) is 0 Å². The summed E-state index contributed by atoms with van der Waals surface area (Å²) >= 11 is 0. The third kappa shape index (κ3) is 13.3. The van der Waals surface area contributed by atoms with Gasteiger partial charge in [-0.3, -0.25) is 4.79 Å². The number of carbonyl (C=O) groups excluding carboxylic acids is 1. The van der Waals surface area contributed by atoms with E-state index < -0.39 is 15.9 Å². The number of likely N-dealkylation sites (N-methyl/N-ethyl adjacent to an activating group) is 1. The highest BCUT2D eigenvalue weighted by atomic mass is 32.2.